The molecule has 1 aliphatic rings. The Morgan fingerprint density at radius 3 is 2.68 bits per heavy atom. The summed E-state index contributed by atoms with van der Waals surface area (Å²) in [4.78, 5) is 15.8. The van der Waals surface area contributed by atoms with E-state index in [9.17, 15) is 9.18 Å². The number of thiocarbonyl (C=S) groups is 1. The maximum Gasteiger partial charge on any atom is 0.317 e. The lowest BCUT2D eigenvalue weighted by molar-refractivity contribution is 0.171. The Kier molecular flexibility index (Phi) is 7.21. The number of rotatable bonds is 5. The molecule has 1 fully saturated rings. The number of carbonyl (C=O) groups is 1. The molecule has 0 unspecified atom stereocenters. The summed E-state index contributed by atoms with van der Waals surface area (Å²) < 4.78 is 16.2. The number of carbonyl (C=O) groups excluding carboxylic acids is 1. The van der Waals surface area contributed by atoms with Crippen molar-refractivity contribution in [2.24, 2.45) is 0 Å². The lowest BCUT2D eigenvalue weighted by Crippen LogP contribution is -2.52. The summed E-state index contributed by atoms with van der Waals surface area (Å²) in [6, 6.07) is 6.62. The van der Waals surface area contributed by atoms with Crippen LogP contribution in [0, 0.1) is 5.82 Å². The predicted molar refractivity (Wildman–Crippen MR) is 112 cm³/mol. The molecule has 150 valence electrons. The Morgan fingerprint density at radius 2 is 1.96 bits per heavy atom. The Labute approximate surface area is 173 Å². The van der Waals surface area contributed by atoms with Crippen LogP contribution in [0.2, 0.25) is 0 Å². The van der Waals surface area contributed by atoms with E-state index >= 15 is 0 Å². The predicted octanol–water partition coefficient (Wildman–Crippen LogP) is 2.33. The van der Waals surface area contributed by atoms with Crippen LogP contribution >= 0.6 is 24.0 Å². The second-order valence-electron chi connectivity index (χ2n) is 6.36. The molecule has 2 aromatic rings. The second-order valence-corrected chi connectivity index (χ2v) is 7.97. The van der Waals surface area contributed by atoms with Crippen LogP contribution in [-0.2, 0) is 12.3 Å². The van der Waals surface area contributed by atoms with Crippen LogP contribution in [0.15, 0.2) is 30.5 Å². The van der Waals surface area contributed by atoms with Gasteiger partial charge in [-0.1, -0.05) is 47.4 Å². The summed E-state index contributed by atoms with van der Waals surface area (Å²) in [7, 11) is 0. The summed E-state index contributed by atoms with van der Waals surface area (Å²) in [5.41, 5.74) is 1.37. The standard InChI is InChI=1S/C18H23FN6OS2/c1-2-20-17(26)23-7-9-24(10-8-23)18(27)28-13-15-12-25(22-21-15)11-14-5-3-4-6-16(14)19/h3-6,12H,2,7-11,13H2,1H3,(H,20,26). The van der Waals surface area contributed by atoms with Crippen molar-refractivity contribution in [2.45, 2.75) is 19.2 Å². The van der Waals surface area contributed by atoms with Gasteiger partial charge in [0.2, 0.25) is 0 Å². The van der Waals surface area contributed by atoms with Gasteiger partial charge in [0.15, 0.2) is 0 Å². The number of urea groups is 1. The molecule has 10 heteroatoms. The molecular formula is C18H23FN6OS2. The first-order chi connectivity index (χ1) is 13.6. The van der Waals surface area contributed by atoms with Gasteiger partial charge in [0.05, 0.1) is 12.2 Å². The molecule has 0 aliphatic carbocycles. The minimum Gasteiger partial charge on any atom is -0.354 e. The van der Waals surface area contributed by atoms with Crippen molar-refractivity contribution in [1.82, 2.24) is 30.1 Å². The highest BCUT2D eigenvalue weighted by atomic mass is 32.2. The number of hydrogen-bond acceptors (Lipinski definition) is 5. The third kappa shape index (κ3) is 5.41. The zero-order chi connectivity index (χ0) is 19.9. The smallest absolute Gasteiger partial charge is 0.317 e. The average Bonchev–Trinajstić information content (AvgIpc) is 3.15. The van der Waals surface area contributed by atoms with Crippen LogP contribution in [0.5, 0.6) is 0 Å². The SMILES string of the molecule is CCNC(=O)N1CCN(C(=S)SCc2cn(Cc3ccccc3F)nn2)CC1. The van der Waals surface area contributed by atoms with Gasteiger partial charge in [-0.3, -0.25) is 0 Å². The number of hydrogen-bond donors (Lipinski definition) is 1. The van der Waals surface area contributed by atoms with Crippen LogP contribution in [0.3, 0.4) is 0 Å². The van der Waals surface area contributed by atoms with Crippen molar-refractivity contribution < 1.29 is 9.18 Å². The molecule has 0 atom stereocenters. The molecule has 0 bridgehead atoms. The first-order valence-corrected chi connectivity index (χ1v) is 10.5. The maximum absolute atomic E-state index is 13.7. The third-order valence-corrected chi connectivity index (χ3v) is 5.93. The number of piperazine rings is 1. The van der Waals surface area contributed by atoms with Crippen molar-refractivity contribution in [3.63, 3.8) is 0 Å². The zero-order valence-electron chi connectivity index (χ0n) is 15.7. The van der Waals surface area contributed by atoms with E-state index in [2.05, 4.69) is 20.5 Å². The van der Waals surface area contributed by atoms with Gasteiger partial charge >= 0.3 is 6.03 Å². The van der Waals surface area contributed by atoms with Crippen LogP contribution in [0.4, 0.5) is 9.18 Å². The molecule has 1 saturated heterocycles. The zero-order valence-corrected chi connectivity index (χ0v) is 17.3. The second kappa shape index (κ2) is 9.83. The number of nitrogens with one attached hydrogen (secondary N) is 1. The molecule has 7 nitrogen and oxygen atoms in total. The van der Waals surface area contributed by atoms with E-state index in [4.69, 9.17) is 12.2 Å². The number of thioether (sulfide) groups is 1. The summed E-state index contributed by atoms with van der Waals surface area (Å²) in [5, 5.41) is 11.0. The van der Waals surface area contributed by atoms with E-state index in [1.54, 1.807) is 22.9 Å². The van der Waals surface area contributed by atoms with Gasteiger partial charge in [-0.2, -0.15) is 0 Å². The molecule has 1 N–H and O–H groups in total. The van der Waals surface area contributed by atoms with E-state index in [0.29, 0.717) is 37.5 Å². The lowest BCUT2D eigenvalue weighted by Gasteiger charge is -2.35. The lowest BCUT2D eigenvalue weighted by atomic mass is 10.2. The van der Waals surface area contributed by atoms with Crippen LogP contribution in [-0.4, -0.2) is 67.9 Å². The van der Waals surface area contributed by atoms with E-state index < -0.39 is 0 Å². The first kappa shape index (κ1) is 20.5. The van der Waals surface area contributed by atoms with Crippen molar-refractivity contribution in [1.29, 1.82) is 0 Å². The van der Waals surface area contributed by atoms with E-state index in [1.807, 2.05) is 18.0 Å². The quantitative estimate of drug-likeness (QED) is 0.746. The Bertz CT molecular complexity index is 822. The van der Waals surface area contributed by atoms with Gasteiger partial charge in [0.1, 0.15) is 10.1 Å². The average molecular weight is 423 g/mol. The largest absolute Gasteiger partial charge is 0.354 e. The van der Waals surface area contributed by atoms with E-state index in [0.717, 1.165) is 23.1 Å². The minimum absolute atomic E-state index is 0.0211. The van der Waals surface area contributed by atoms with Gasteiger partial charge in [0, 0.05) is 50.2 Å². The molecule has 2 amide bonds. The highest BCUT2D eigenvalue weighted by Gasteiger charge is 2.22. The topological polar surface area (TPSA) is 66.3 Å². The molecule has 0 spiro atoms. The number of nitrogens with zero attached hydrogens (tertiary/aromatic N) is 5. The van der Waals surface area contributed by atoms with Gasteiger partial charge in [-0.05, 0) is 13.0 Å². The normalized spacial score (nSPS) is 14.2. The number of halogens is 1. The number of aromatic nitrogens is 3. The van der Waals surface area contributed by atoms with Gasteiger partial charge < -0.3 is 15.1 Å². The minimum atomic E-state index is -0.248. The molecule has 28 heavy (non-hydrogen) atoms. The van der Waals surface area contributed by atoms with Gasteiger partial charge in [0.25, 0.3) is 0 Å². The molecule has 2 heterocycles. The van der Waals surface area contributed by atoms with E-state index in [-0.39, 0.29) is 11.8 Å². The molecule has 1 aliphatic heterocycles. The summed E-state index contributed by atoms with van der Waals surface area (Å²) in [6.45, 7) is 5.65. The molecule has 0 radical (unpaired) electrons. The summed E-state index contributed by atoms with van der Waals surface area (Å²) in [6.07, 6.45) is 1.81. The third-order valence-electron chi connectivity index (χ3n) is 4.37. The van der Waals surface area contributed by atoms with Crippen LogP contribution < -0.4 is 5.32 Å². The maximum atomic E-state index is 13.7. The summed E-state index contributed by atoms with van der Waals surface area (Å²) >= 11 is 7.05. The Morgan fingerprint density at radius 1 is 1.25 bits per heavy atom. The summed E-state index contributed by atoms with van der Waals surface area (Å²) in [5.74, 6) is 0.356. The van der Waals surface area contributed by atoms with Gasteiger partial charge in [-0.25, -0.2) is 13.9 Å². The van der Waals surface area contributed by atoms with Crippen molar-refractivity contribution >= 4 is 34.3 Å². The Hall–Kier alpha value is -2.20. The Balaban J connectivity index is 1.45. The van der Waals surface area contributed by atoms with E-state index in [1.165, 1.54) is 17.8 Å². The van der Waals surface area contributed by atoms with Crippen molar-refractivity contribution in [3.8, 4) is 0 Å². The van der Waals surface area contributed by atoms with Crippen LogP contribution in [0.1, 0.15) is 18.2 Å². The van der Waals surface area contributed by atoms with Gasteiger partial charge in [-0.15, -0.1) is 5.10 Å². The van der Waals surface area contributed by atoms with Crippen LogP contribution in [0.25, 0.3) is 0 Å². The fraction of sp³-hybridized carbons (Fsp3) is 0.444. The molecular weight excluding hydrogens is 399 g/mol. The number of benzene rings is 1. The first-order valence-electron chi connectivity index (χ1n) is 9.13. The molecule has 0 saturated carbocycles. The fourth-order valence-corrected chi connectivity index (χ4v) is 3.99. The highest BCUT2D eigenvalue weighted by molar-refractivity contribution is 8.22. The molecule has 1 aromatic carbocycles. The number of amides is 2. The molecule has 1 aromatic heterocycles. The van der Waals surface area contributed by atoms with Crippen molar-refractivity contribution in [3.05, 3.63) is 47.5 Å². The van der Waals surface area contributed by atoms with Crippen molar-refractivity contribution in [2.75, 3.05) is 32.7 Å². The highest BCUT2D eigenvalue weighted by Crippen LogP contribution is 2.17. The fourth-order valence-electron chi connectivity index (χ4n) is 2.87. The molecule has 3 rings (SSSR count). The monoisotopic (exact) mass is 422 g/mol.